The zero-order valence-electron chi connectivity index (χ0n) is 9.37. The van der Waals surface area contributed by atoms with Crippen LogP contribution in [0.15, 0.2) is 24.3 Å². The Labute approximate surface area is 110 Å². The average Bonchev–Trinajstić information content (AvgIpc) is 2.25. The third kappa shape index (κ3) is 4.94. The minimum atomic E-state index is -0.233. The second kappa shape index (κ2) is 6.85. The van der Waals surface area contributed by atoms with Crippen molar-refractivity contribution in [2.45, 2.75) is 25.8 Å². The lowest BCUT2D eigenvalue weighted by Crippen LogP contribution is -2.21. The highest BCUT2D eigenvalue weighted by molar-refractivity contribution is 14.1. The number of hydrogen-bond acceptors (Lipinski definition) is 2. The topological polar surface area (TPSA) is 55.1 Å². The van der Waals surface area contributed by atoms with Crippen molar-refractivity contribution >= 4 is 28.5 Å². The van der Waals surface area contributed by atoms with Crippen LogP contribution in [0.2, 0.25) is 0 Å². The van der Waals surface area contributed by atoms with Crippen LogP contribution in [0.25, 0.3) is 0 Å². The first kappa shape index (κ1) is 13.4. The number of nitrogens with two attached hydrogens (primary N) is 1. The van der Waals surface area contributed by atoms with E-state index in [2.05, 4.69) is 59.1 Å². The third-order valence-electron chi connectivity index (χ3n) is 2.42. The van der Waals surface area contributed by atoms with Crippen LogP contribution in [0, 0.1) is 3.57 Å². The molecule has 3 N–H and O–H groups in total. The van der Waals surface area contributed by atoms with Gasteiger partial charge in [0.25, 0.3) is 0 Å². The predicted octanol–water partition coefficient (Wildman–Crippen LogP) is 2.21. The molecule has 0 heterocycles. The second-order valence-electron chi connectivity index (χ2n) is 3.80. The van der Waals surface area contributed by atoms with Crippen LogP contribution >= 0.6 is 22.6 Å². The van der Waals surface area contributed by atoms with Gasteiger partial charge >= 0.3 is 0 Å². The second-order valence-corrected chi connectivity index (χ2v) is 5.04. The molecule has 0 radical (unpaired) electrons. The van der Waals surface area contributed by atoms with E-state index < -0.39 is 0 Å². The van der Waals surface area contributed by atoms with Gasteiger partial charge in [-0.15, -0.1) is 0 Å². The fourth-order valence-corrected chi connectivity index (χ4v) is 1.81. The summed E-state index contributed by atoms with van der Waals surface area (Å²) in [5.41, 5.74) is 6.33. The van der Waals surface area contributed by atoms with Crippen LogP contribution < -0.4 is 11.1 Å². The van der Waals surface area contributed by atoms with Gasteiger partial charge in [-0.1, -0.05) is 12.1 Å². The van der Waals surface area contributed by atoms with E-state index in [0.29, 0.717) is 12.5 Å². The molecule has 1 unspecified atom stereocenters. The Bertz CT molecular complexity index is 337. The van der Waals surface area contributed by atoms with Gasteiger partial charge in [0.1, 0.15) is 0 Å². The Balaban J connectivity index is 2.32. The van der Waals surface area contributed by atoms with E-state index in [4.69, 9.17) is 5.73 Å². The first-order valence-corrected chi connectivity index (χ1v) is 6.44. The maximum atomic E-state index is 10.5. The van der Waals surface area contributed by atoms with E-state index in [0.717, 1.165) is 13.0 Å². The van der Waals surface area contributed by atoms with E-state index >= 15 is 0 Å². The summed E-state index contributed by atoms with van der Waals surface area (Å²) in [5, 5.41) is 3.36. The maximum Gasteiger partial charge on any atom is 0.217 e. The summed E-state index contributed by atoms with van der Waals surface area (Å²) >= 11 is 2.29. The van der Waals surface area contributed by atoms with Gasteiger partial charge in [0.05, 0.1) is 0 Å². The van der Waals surface area contributed by atoms with Crippen molar-refractivity contribution in [3.63, 3.8) is 0 Å². The number of rotatable bonds is 6. The molecule has 0 aliphatic heterocycles. The molecule has 1 amide bonds. The number of primary amides is 1. The lowest BCUT2D eigenvalue weighted by molar-refractivity contribution is -0.118. The zero-order chi connectivity index (χ0) is 12.0. The molecule has 16 heavy (non-hydrogen) atoms. The summed E-state index contributed by atoms with van der Waals surface area (Å²) in [6, 6.07) is 8.74. The molecule has 88 valence electrons. The van der Waals surface area contributed by atoms with Crippen molar-refractivity contribution in [2.24, 2.45) is 5.73 Å². The number of amides is 1. The molecule has 4 heteroatoms. The lowest BCUT2D eigenvalue weighted by Gasteiger charge is -2.13. The molecule has 1 aromatic rings. The third-order valence-corrected chi connectivity index (χ3v) is 3.14. The van der Waals surface area contributed by atoms with Crippen molar-refractivity contribution < 1.29 is 4.79 Å². The Morgan fingerprint density at radius 3 is 2.62 bits per heavy atom. The molecule has 1 aromatic carbocycles. The molecule has 0 spiro atoms. The molecular weight excluding hydrogens is 315 g/mol. The SMILES string of the molecule is CC(NCCCC(N)=O)c1ccc(I)cc1. The first-order chi connectivity index (χ1) is 7.59. The Morgan fingerprint density at radius 2 is 2.06 bits per heavy atom. The van der Waals surface area contributed by atoms with Gasteiger partial charge in [-0.25, -0.2) is 0 Å². The van der Waals surface area contributed by atoms with Gasteiger partial charge in [0, 0.05) is 16.0 Å². The van der Waals surface area contributed by atoms with E-state index in [-0.39, 0.29) is 5.91 Å². The highest BCUT2D eigenvalue weighted by Gasteiger charge is 2.04. The van der Waals surface area contributed by atoms with E-state index in [1.54, 1.807) is 0 Å². The number of carbonyl (C=O) groups excluding carboxylic acids is 1. The van der Waals surface area contributed by atoms with Crippen molar-refractivity contribution in [3.05, 3.63) is 33.4 Å². The molecule has 1 rings (SSSR count). The van der Waals surface area contributed by atoms with Crippen LogP contribution in [0.1, 0.15) is 31.4 Å². The average molecular weight is 332 g/mol. The summed E-state index contributed by atoms with van der Waals surface area (Å²) in [4.78, 5) is 10.5. The Morgan fingerprint density at radius 1 is 1.44 bits per heavy atom. The summed E-state index contributed by atoms with van der Waals surface area (Å²) in [6.07, 6.45) is 1.25. The molecule has 0 saturated carbocycles. The van der Waals surface area contributed by atoms with E-state index in [1.807, 2.05) is 0 Å². The van der Waals surface area contributed by atoms with Gasteiger partial charge in [-0.05, 0) is 60.2 Å². The number of nitrogens with one attached hydrogen (secondary N) is 1. The molecule has 0 bridgehead atoms. The van der Waals surface area contributed by atoms with E-state index in [9.17, 15) is 4.79 Å². The molecular formula is C12H17IN2O. The van der Waals surface area contributed by atoms with E-state index in [1.165, 1.54) is 9.13 Å². The largest absolute Gasteiger partial charge is 0.370 e. The van der Waals surface area contributed by atoms with Crippen LogP contribution in [-0.2, 0) is 4.79 Å². The molecule has 0 aliphatic rings. The molecule has 0 fully saturated rings. The Kier molecular flexibility index (Phi) is 5.76. The van der Waals surface area contributed by atoms with Crippen LogP contribution in [-0.4, -0.2) is 12.5 Å². The van der Waals surface area contributed by atoms with Crippen molar-refractivity contribution in [2.75, 3.05) is 6.54 Å². The quantitative estimate of drug-likeness (QED) is 0.620. The molecule has 1 atom stereocenters. The maximum absolute atomic E-state index is 10.5. The first-order valence-electron chi connectivity index (χ1n) is 5.36. The minimum Gasteiger partial charge on any atom is -0.370 e. The van der Waals surface area contributed by atoms with Gasteiger partial charge in [0.2, 0.25) is 5.91 Å². The van der Waals surface area contributed by atoms with Gasteiger partial charge in [-0.2, -0.15) is 0 Å². The monoisotopic (exact) mass is 332 g/mol. The zero-order valence-corrected chi connectivity index (χ0v) is 11.5. The van der Waals surface area contributed by atoms with Gasteiger partial charge in [0.15, 0.2) is 0 Å². The van der Waals surface area contributed by atoms with Crippen LogP contribution in [0.3, 0.4) is 0 Å². The summed E-state index contributed by atoms with van der Waals surface area (Å²) in [6.45, 7) is 2.93. The fourth-order valence-electron chi connectivity index (χ4n) is 1.45. The van der Waals surface area contributed by atoms with Crippen molar-refractivity contribution in [1.82, 2.24) is 5.32 Å². The number of hydrogen-bond donors (Lipinski definition) is 2. The van der Waals surface area contributed by atoms with Gasteiger partial charge < -0.3 is 11.1 Å². The molecule has 0 aromatic heterocycles. The summed E-state index contributed by atoms with van der Waals surface area (Å²) < 4.78 is 1.24. The van der Waals surface area contributed by atoms with Crippen molar-refractivity contribution in [3.8, 4) is 0 Å². The van der Waals surface area contributed by atoms with Crippen molar-refractivity contribution in [1.29, 1.82) is 0 Å². The minimum absolute atomic E-state index is 0.233. The fraction of sp³-hybridized carbons (Fsp3) is 0.417. The lowest BCUT2D eigenvalue weighted by atomic mass is 10.1. The molecule has 3 nitrogen and oxygen atoms in total. The summed E-state index contributed by atoms with van der Waals surface area (Å²) in [5.74, 6) is -0.233. The van der Waals surface area contributed by atoms with Crippen LogP contribution in [0.5, 0.6) is 0 Å². The smallest absolute Gasteiger partial charge is 0.217 e. The van der Waals surface area contributed by atoms with Gasteiger partial charge in [-0.3, -0.25) is 4.79 Å². The number of carbonyl (C=O) groups is 1. The standard InChI is InChI=1S/C12H17IN2O/c1-9(15-8-2-3-12(14)16)10-4-6-11(13)7-5-10/h4-7,9,15H,2-3,8H2,1H3,(H2,14,16). The number of halogens is 1. The molecule has 0 saturated heterocycles. The predicted molar refractivity (Wildman–Crippen MR) is 74.0 cm³/mol. The summed E-state index contributed by atoms with van der Waals surface area (Å²) in [7, 11) is 0. The van der Waals surface area contributed by atoms with Crippen LogP contribution in [0.4, 0.5) is 0 Å². The highest BCUT2D eigenvalue weighted by Crippen LogP contribution is 2.14. The Hall–Kier alpha value is -0.620. The number of benzene rings is 1. The molecule has 0 aliphatic carbocycles. The highest BCUT2D eigenvalue weighted by atomic mass is 127. The normalized spacial score (nSPS) is 12.4.